The van der Waals surface area contributed by atoms with E-state index in [-0.39, 0.29) is 11.9 Å². The minimum atomic E-state index is -0.255. The average Bonchev–Trinajstić information content (AvgIpc) is 3.31. The van der Waals surface area contributed by atoms with Crippen LogP contribution in [0.15, 0.2) is 42.7 Å². The van der Waals surface area contributed by atoms with Crippen molar-refractivity contribution in [3.8, 4) is 0 Å². The van der Waals surface area contributed by atoms with Gasteiger partial charge in [0.1, 0.15) is 12.4 Å². The molecule has 2 aliphatic rings. The summed E-state index contributed by atoms with van der Waals surface area (Å²) < 4.78 is 1.65. The fourth-order valence-corrected chi connectivity index (χ4v) is 4.31. The molecular formula is C20H22N6O. The Balaban J connectivity index is 1.54. The van der Waals surface area contributed by atoms with Gasteiger partial charge in [0.05, 0.1) is 0 Å². The van der Waals surface area contributed by atoms with E-state index in [1.807, 2.05) is 29.2 Å². The van der Waals surface area contributed by atoms with Crippen molar-refractivity contribution in [2.24, 2.45) is 5.92 Å². The first kappa shape index (κ1) is 16.2. The highest BCUT2D eigenvalue weighted by molar-refractivity contribution is 5.91. The number of nitrogens with zero attached hydrogens (tertiary/aromatic N) is 6. The molecule has 3 aromatic rings. The summed E-state index contributed by atoms with van der Waals surface area (Å²) in [6.07, 6.45) is 4.58. The molecule has 0 saturated carbocycles. The molecule has 138 valence electrons. The van der Waals surface area contributed by atoms with Crippen LogP contribution in [-0.2, 0) is 11.2 Å². The number of aromatic nitrogens is 4. The third-order valence-electron chi connectivity index (χ3n) is 5.62. The van der Waals surface area contributed by atoms with Crippen molar-refractivity contribution < 1.29 is 4.79 Å². The summed E-state index contributed by atoms with van der Waals surface area (Å²) in [5.74, 6) is 1.51. The predicted octanol–water partition coefficient (Wildman–Crippen LogP) is 2.45. The predicted molar refractivity (Wildman–Crippen MR) is 102 cm³/mol. The van der Waals surface area contributed by atoms with Crippen LogP contribution in [0.25, 0.3) is 5.65 Å². The molecule has 0 N–H and O–H groups in total. The second kappa shape index (κ2) is 6.33. The SMILES string of the molecule is CC1CCCN(C(=O)C2Cc3ccccc3N2c2ccc3nncn3n2)C1. The maximum atomic E-state index is 13.4. The second-order valence-corrected chi connectivity index (χ2v) is 7.58. The quantitative estimate of drug-likeness (QED) is 0.700. The first-order chi connectivity index (χ1) is 13.2. The molecule has 1 fully saturated rings. The van der Waals surface area contributed by atoms with Crippen LogP contribution in [0.2, 0.25) is 0 Å². The van der Waals surface area contributed by atoms with Gasteiger partial charge < -0.3 is 9.80 Å². The number of benzene rings is 1. The molecule has 0 aliphatic carbocycles. The van der Waals surface area contributed by atoms with Gasteiger partial charge in [0.2, 0.25) is 5.91 Å². The molecule has 0 spiro atoms. The maximum Gasteiger partial charge on any atom is 0.246 e. The Morgan fingerprint density at radius 2 is 2.07 bits per heavy atom. The van der Waals surface area contributed by atoms with Crippen LogP contribution in [-0.4, -0.2) is 49.7 Å². The number of rotatable bonds is 2. The van der Waals surface area contributed by atoms with E-state index in [4.69, 9.17) is 0 Å². The van der Waals surface area contributed by atoms with E-state index >= 15 is 0 Å². The van der Waals surface area contributed by atoms with Crippen molar-refractivity contribution >= 4 is 23.1 Å². The number of piperidine rings is 1. The molecule has 7 heteroatoms. The molecule has 0 bridgehead atoms. The molecule has 2 atom stereocenters. The van der Waals surface area contributed by atoms with Gasteiger partial charge in [0, 0.05) is 25.2 Å². The first-order valence-corrected chi connectivity index (χ1v) is 9.54. The summed E-state index contributed by atoms with van der Waals surface area (Å²) in [7, 11) is 0. The van der Waals surface area contributed by atoms with Gasteiger partial charge in [-0.2, -0.15) is 4.52 Å². The molecule has 0 radical (unpaired) electrons. The lowest BCUT2D eigenvalue weighted by Gasteiger charge is -2.35. The lowest BCUT2D eigenvalue weighted by atomic mass is 9.99. The minimum Gasteiger partial charge on any atom is -0.341 e. The lowest BCUT2D eigenvalue weighted by Crippen LogP contribution is -2.49. The maximum absolute atomic E-state index is 13.4. The van der Waals surface area contributed by atoms with Crippen molar-refractivity contribution in [2.45, 2.75) is 32.2 Å². The van der Waals surface area contributed by atoms with Gasteiger partial charge in [0.15, 0.2) is 11.5 Å². The number of anilines is 2. The Morgan fingerprint density at radius 1 is 1.19 bits per heavy atom. The lowest BCUT2D eigenvalue weighted by molar-refractivity contribution is -0.134. The van der Waals surface area contributed by atoms with Crippen molar-refractivity contribution in [2.75, 3.05) is 18.0 Å². The Hall–Kier alpha value is -2.96. The molecule has 1 aromatic carbocycles. The fourth-order valence-electron chi connectivity index (χ4n) is 4.31. The summed E-state index contributed by atoms with van der Waals surface area (Å²) >= 11 is 0. The van der Waals surface area contributed by atoms with Gasteiger partial charge in [-0.15, -0.1) is 15.3 Å². The van der Waals surface area contributed by atoms with E-state index in [1.165, 1.54) is 12.0 Å². The Labute approximate surface area is 157 Å². The standard InChI is InChI=1S/C20H22N6O/c1-14-5-4-10-24(12-14)20(27)17-11-15-6-2-3-7-16(15)26(17)19-9-8-18-22-21-13-25(18)23-19/h2-3,6-9,13-14,17H,4-5,10-12H2,1H3. The van der Waals surface area contributed by atoms with Crippen LogP contribution in [0.1, 0.15) is 25.3 Å². The van der Waals surface area contributed by atoms with Crippen molar-refractivity contribution in [1.82, 2.24) is 24.7 Å². The van der Waals surface area contributed by atoms with E-state index in [1.54, 1.807) is 10.8 Å². The highest BCUT2D eigenvalue weighted by Crippen LogP contribution is 2.38. The summed E-state index contributed by atoms with van der Waals surface area (Å²) in [5.41, 5.74) is 2.94. The van der Waals surface area contributed by atoms with Gasteiger partial charge in [-0.25, -0.2) is 0 Å². The number of carbonyl (C=O) groups excluding carboxylic acids is 1. The fraction of sp³-hybridized carbons (Fsp3) is 0.400. The number of para-hydroxylation sites is 1. The van der Waals surface area contributed by atoms with Gasteiger partial charge >= 0.3 is 0 Å². The number of likely N-dealkylation sites (tertiary alicyclic amines) is 1. The van der Waals surface area contributed by atoms with Crippen molar-refractivity contribution in [3.05, 3.63) is 48.3 Å². The molecule has 2 aromatic heterocycles. The van der Waals surface area contributed by atoms with E-state index in [2.05, 4.69) is 39.3 Å². The zero-order valence-electron chi connectivity index (χ0n) is 15.3. The van der Waals surface area contributed by atoms with Crippen molar-refractivity contribution in [1.29, 1.82) is 0 Å². The number of carbonyl (C=O) groups is 1. The van der Waals surface area contributed by atoms with E-state index in [9.17, 15) is 4.79 Å². The normalized spacial score (nSPS) is 22.3. The van der Waals surface area contributed by atoms with E-state index < -0.39 is 0 Å². The van der Waals surface area contributed by atoms with Gasteiger partial charge in [-0.1, -0.05) is 25.1 Å². The molecule has 7 nitrogen and oxygen atoms in total. The van der Waals surface area contributed by atoms with E-state index in [0.29, 0.717) is 18.0 Å². The van der Waals surface area contributed by atoms with Crippen LogP contribution in [0.3, 0.4) is 0 Å². The number of hydrogen-bond acceptors (Lipinski definition) is 5. The number of hydrogen-bond donors (Lipinski definition) is 0. The van der Waals surface area contributed by atoms with E-state index in [0.717, 1.165) is 31.0 Å². The molecular weight excluding hydrogens is 340 g/mol. The number of fused-ring (bicyclic) bond motifs is 2. The highest BCUT2D eigenvalue weighted by atomic mass is 16.2. The third kappa shape index (κ3) is 2.74. The molecule has 1 amide bonds. The zero-order valence-corrected chi connectivity index (χ0v) is 15.3. The van der Waals surface area contributed by atoms with Crippen LogP contribution in [0.5, 0.6) is 0 Å². The summed E-state index contributed by atoms with van der Waals surface area (Å²) in [4.78, 5) is 17.6. The van der Waals surface area contributed by atoms with Gasteiger partial charge in [-0.05, 0) is 42.5 Å². The van der Waals surface area contributed by atoms with Crippen molar-refractivity contribution in [3.63, 3.8) is 0 Å². The summed E-state index contributed by atoms with van der Waals surface area (Å²) in [5, 5.41) is 12.6. The summed E-state index contributed by atoms with van der Waals surface area (Å²) in [6, 6.07) is 11.8. The molecule has 2 unspecified atom stereocenters. The monoisotopic (exact) mass is 362 g/mol. The van der Waals surface area contributed by atoms with Crippen LogP contribution < -0.4 is 4.90 Å². The Morgan fingerprint density at radius 3 is 2.96 bits per heavy atom. The molecule has 4 heterocycles. The van der Waals surface area contributed by atoms with Gasteiger partial charge in [0.25, 0.3) is 0 Å². The molecule has 27 heavy (non-hydrogen) atoms. The third-order valence-corrected chi connectivity index (χ3v) is 5.62. The Kier molecular flexibility index (Phi) is 3.81. The van der Waals surface area contributed by atoms with Gasteiger partial charge in [-0.3, -0.25) is 4.79 Å². The largest absolute Gasteiger partial charge is 0.341 e. The second-order valence-electron chi connectivity index (χ2n) is 7.58. The minimum absolute atomic E-state index is 0.198. The molecule has 5 rings (SSSR count). The topological polar surface area (TPSA) is 66.6 Å². The molecule has 1 saturated heterocycles. The zero-order chi connectivity index (χ0) is 18.4. The average molecular weight is 362 g/mol. The summed E-state index contributed by atoms with van der Waals surface area (Å²) in [6.45, 7) is 3.92. The van der Waals surface area contributed by atoms with Crippen LogP contribution in [0, 0.1) is 5.92 Å². The van der Waals surface area contributed by atoms with Crippen LogP contribution >= 0.6 is 0 Å². The van der Waals surface area contributed by atoms with Crippen LogP contribution in [0.4, 0.5) is 11.5 Å². The molecule has 2 aliphatic heterocycles. The first-order valence-electron chi connectivity index (χ1n) is 9.54. The Bertz CT molecular complexity index is 999. The highest BCUT2D eigenvalue weighted by Gasteiger charge is 2.39. The smallest absolute Gasteiger partial charge is 0.246 e. The number of amides is 1.